The number of hydrogen-bond acceptors (Lipinski definition) is 2. The number of aromatic hydroxyl groups is 4. The van der Waals surface area contributed by atoms with Crippen molar-refractivity contribution >= 4 is 43.6 Å². The SMILES string of the molecule is Cc1ccc([OH+]CC2CCCCC2C[OH+]c2ccc(C)cc2-c2cc(C)cc(-n3c4ccccc4c4ccccc43)c2O)c(-c2cc(C)cc(-n3c4ccccc4c4ccccc43)c2O)c1.[CH2-]C.[Zr]. The number of fused-ring (bicyclic) bond motifs is 6. The van der Waals surface area contributed by atoms with Crippen LogP contribution in [0.3, 0.4) is 0 Å². The van der Waals surface area contributed by atoms with E-state index in [1.165, 1.54) is 12.8 Å². The first kappa shape index (κ1) is 47.5. The van der Waals surface area contributed by atoms with Crippen LogP contribution in [0.1, 0.15) is 54.9 Å². The van der Waals surface area contributed by atoms with Crippen molar-refractivity contribution in [2.45, 2.75) is 60.3 Å². The second-order valence-electron chi connectivity index (χ2n) is 18.6. The molecule has 69 heavy (non-hydrogen) atoms. The Morgan fingerprint density at radius 1 is 0.435 bits per heavy atom. The van der Waals surface area contributed by atoms with Crippen molar-refractivity contribution in [3.05, 3.63) is 187 Å². The molecule has 2 aromatic heterocycles. The second kappa shape index (κ2) is 20.2. The Morgan fingerprint density at radius 2 is 0.754 bits per heavy atom. The van der Waals surface area contributed by atoms with Crippen LogP contribution in [-0.4, -0.2) is 42.0 Å². The standard InChI is InChI=1S/C60H54N2O4.C2H5.Zr/c1-37-25-27-57(47(29-37)49-31-39(3)33-55(59(49)63)61-51-21-11-7-17-43(51)44-18-8-12-22-52(44)61)65-35-41-15-5-6-16-42(41)36-66-58-28-26-38(2)30-48(58)50-32-40(4)34-56(60(50)64)62-53-23-13-9-19-45(53)46-20-10-14-24-54(46)62;1-2;/h7-14,17-34,41-42,63-64H,5-6,15-16,35-36H2,1-4H3;1H2,2H3;/q;-1;/p+2. The predicted octanol–water partition coefficient (Wildman–Crippen LogP) is 15.7. The topological polar surface area (TPSA) is 75.9 Å². The van der Waals surface area contributed by atoms with Crippen LogP contribution in [0.5, 0.6) is 23.0 Å². The summed E-state index contributed by atoms with van der Waals surface area (Å²) in [4.78, 5) is 0. The van der Waals surface area contributed by atoms with E-state index in [-0.39, 0.29) is 37.7 Å². The van der Waals surface area contributed by atoms with E-state index in [1.54, 1.807) is 6.92 Å². The molecule has 0 saturated heterocycles. The maximum absolute atomic E-state index is 12.3. The van der Waals surface area contributed by atoms with Gasteiger partial charge in [0.1, 0.15) is 11.5 Å². The van der Waals surface area contributed by atoms with Gasteiger partial charge in [0.05, 0.1) is 44.6 Å². The molecule has 0 bridgehead atoms. The quantitative estimate of drug-likeness (QED) is 0.106. The van der Waals surface area contributed by atoms with E-state index >= 15 is 0 Å². The first-order valence-corrected chi connectivity index (χ1v) is 24.1. The Balaban J connectivity index is 0.00000195. The summed E-state index contributed by atoms with van der Waals surface area (Å²) < 4.78 is 15.2. The third-order valence-electron chi connectivity index (χ3n) is 14.1. The molecular formula is C62H61N2O4Zr+. The molecule has 346 valence electrons. The molecule has 4 N–H and O–H groups in total. The van der Waals surface area contributed by atoms with E-state index in [0.29, 0.717) is 25.0 Å². The van der Waals surface area contributed by atoms with Crippen LogP contribution in [-0.2, 0) is 26.2 Å². The number of aryl methyl sites for hydroxylation is 4. The number of benzene rings is 8. The summed E-state index contributed by atoms with van der Waals surface area (Å²) in [6.07, 6.45) is 4.55. The molecule has 1 fully saturated rings. The Kier molecular flexibility index (Phi) is 13.9. The van der Waals surface area contributed by atoms with E-state index in [1.807, 2.05) is 0 Å². The molecule has 1 aliphatic rings. The van der Waals surface area contributed by atoms with Crippen LogP contribution in [0, 0.1) is 46.5 Å². The summed E-state index contributed by atoms with van der Waals surface area (Å²) in [6.45, 7) is 14.8. The van der Waals surface area contributed by atoms with Crippen molar-refractivity contribution < 1.29 is 45.9 Å². The number of ether oxygens (including phenoxy) is 2. The first-order valence-electron chi connectivity index (χ1n) is 24.1. The number of phenolic OH excluding ortho intramolecular Hbond substituents is 2. The molecule has 11 rings (SSSR count). The number of nitrogens with zero attached hydrogens (tertiary/aromatic N) is 2. The summed E-state index contributed by atoms with van der Waals surface area (Å²) in [5.41, 5.74) is 13.6. The molecule has 8 aromatic carbocycles. The number of phenols is 2. The Morgan fingerprint density at radius 3 is 1.10 bits per heavy atom. The smallest absolute Gasteiger partial charge is 0.262 e. The fraction of sp³-hybridized carbons (Fsp3) is 0.210. The minimum atomic E-state index is 0. The van der Waals surface area contributed by atoms with Gasteiger partial charge in [-0.25, -0.2) is 0 Å². The van der Waals surface area contributed by atoms with Crippen LogP contribution in [0.2, 0.25) is 0 Å². The molecule has 1 saturated carbocycles. The van der Waals surface area contributed by atoms with E-state index in [4.69, 9.17) is 9.47 Å². The minimum Gasteiger partial charge on any atom is -0.582 e. The largest absolute Gasteiger partial charge is 0.582 e. The molecule has 7 heteroatoms. The second-order valence-corrected chi connectivity index (χ2v) is 18.6. The van der Waals surface area contributed by atoms with Crippen molar-refractivity contribution in [1.29, 1.82) is 0 Å². The first-order chi connectivity index (χ1) is 33.2. The summed E-state index contributed by atoms with van der Waals surface area (Å²) >= 11 is 0. The van der Waals surface area contributed by atoms with E-state index in [9.17, 15) is 10.2 Å². The van der Waals surface area contributed by atoms with Crippen LogP contribution in [0.15, 0.2) is 158 Å². The zero-order valence-corrected chi connectivity index (χ0v) is 42.8. The number of para-hydroxylation sites is 4. The monoisotopic (exact) mass is 987 g/mol. The normalized spacial score (nSPS) is 14.7. The third-order valence-corrected chi connectivity index (χ3v) is 14.1. The fourth-order valence-electron chi connectivity index (χ4n) is 10.8. The summed E-state index contributed by atoms with van der Waals surface area (Å²) in [5.74, 6) is 3.01. The van der Waals surface area contributed by atoms with Crippen LogP contribution < -0.4 is 0 Å². The molecule has 2 unspecified atom stereocenters. The van der Waals surface area contributed by atoms with Gasteiger partial charge in [0, 0.05) is 82.8 Å². The van der Waals surface area contributed by atoms with Crippen molar-refractivity contribution in [1.82, 2.24) is 9.13 Å². The molecule has 10 aromatic rings. The molecule has 0 aliphatic heterocycles. The minimum absolute atomic E-state index is 0. The van der Waals surface area contributed by atoms with Crippen LogP contribution >= 0.6 is 0 Å². The van der Waals surface area contributed by atoms with E-state index in [2.05, 4.69) is 201 Å². The number of rotatable bonds is 10. The molecule has 2 heterocycles. The Bertz CT molecular complexity index is 3150. The average molecular weight is 989 g/mol. The van der Waals surface area contributed by atoms with Gasteiger partial charge < -0.3 is 35.7 Å². The molecule has 1 aliphatic carbocycles. The van der Waals surface area contributed by atoms with Gasteiger partial charge in [-0.15, -0.1) is 0 Å². The van der Waals surface area contributed by atoms with Gasteiger partial charge in [0.25, 0.3) is 11.5 Å². The van der Waals surface area contributed by atoms with Crippen LogP contribution in [0.25, 0.3) is 77.2 Å². The molecule has 2 atom stereocenters. The predicted molar refractivity (Wildman–Crippen MR) is 284 cm³/mol. The molecule has 0 radical (unpaired) electrons. The van der Waals surface area contributed by atoms with Gasteiger partial charge in [-0.05, 0) is 123 Å². The summed E-state index contributed by atoms with van der Waals surface area (Å²) in [6, 6.07) is 54.9. The van der Waals surface area contributed by atoms with Gasteiger partial charge in [0.15, 0.2) is 13.2 Å². The van der Waals surface area contributed by atoms with Crippen molar-refractivity contribution in [2.75, 3.05) is 13.2 Å². The van der Waals surface area contributed by atoms with Gasteiger partial charge in [-0.3, -0.25) is 0 Å². The van der Waals surface area contributed by atoms with Gasteiger partial charge in [-0.2, -0.15) is 6.92 Å². The Labute approximate surface area is 424 Å². The van der Waals surface area contributed by atoms with Crippen molar-refractivity contribution in [3.8, 4) is 56.6 Å². The van der Waals surface area contributed by atoms with Crippen molar-refractivity contribution in [3.63, 3.8) is 0 Å². The number of aromatic nitrogens is 2. The van der Waals surface area contributed by atoms with E-state index < -0.39 is 0 Å². The Hall–Kier alpha value is -6.56. The molecule has 6 nitrogen and oxygen atoms in total. The van der Waals surface area contributed by atoms with Gasteiger partial charge in [0.2, 0.25) is 0 Å². The molecule has 0 amide bonds. The summed E-state index contributed by atoms with van der Waals surface area (Å²) in [7, 11) is 0. The maximum atomic E-state index is 12.3. The maximum Gasteiger partial charge on any atom is 0.262 e. The summed E-state index contributed by atoms with van der Waals surface area (Å²) in [5, 5.41) is 29.3. The zero-order chi connectivity index (χ0) is 47.1. The third kappa shape index (κ3) is 8.87. The van der Waals surface area contributed by atoms with Gasteiger partial charge >= 0.3 is 0 Å². The number of hydrogen-bond donors (Lipinski definition) is 2. The zero-order valence-electron chi connectivity index (χ0n) is 40.3. The van der Waals surface area contributed by atoms with Crippen molar-refractivity contribution in [2.24, 2.45) is 11.8 Å². The van der Waals surface area contributed by atoms with Crippen LogP contribution in [0.4, 0.5) is 0 Å². The molecular weight excluding hydrogens is 928 g/mol. The average Bonchev–Trinajstić information content (AvgIpc) is 3.88. The fourth-order valence-corrected chi connectivity index (χ4v) is 10.8. The van der Waals surface area contributed by atoms with E-state index in [0.717, 1.165) is 124 Å². The number of aliphatic hydroxyl groups is 2. The van der Waals surface area contributed by atoms with Gasteiger partial charge in [-0.1, -0.05) is 97.8 Å². The molecule has 0 spiro atoms.